The van der Waals surface area contributed by atoms with E-state index >= 15 is 0 Å². The van der Waals surface area contributed by atoms with Gasteiger partial charge in [-0.05, 0) is 36.9 Å². The topological polar surface area (TPSA) is 18.5 Å². The molecule has 0 atom stereocenters. The first kappa shape index (κ1) is 14.1. The molecule has 0 radical (unpaired) electrons. The Bertz CT molecular complexity index is 422. The highest BCUT2D eigenvalue weighted by atomic mass is 15.2. The number of nitrogens with zero attached hydrogens (tertiary/aromatic N) is 2. The number of nitrogens with one attached hydrogen (secondary N) is 1. The maximum absolute atomic E-state index is 3.41. The maximum Gasteiger partial charge on any atom is 0.0231 e. The molecule has 1 aliphatic heterocycles. The Hall–Kier alpha value is -0.900. The Morgan fingerprint density at radius 3 is 2.80 bits per heavy atom. The fourth-order valence-corrected chi connectivity index (χ4v) is 3.00. The largest absolute Gasteiger partial charge is 0.314 e. The van der Waals surface area contributed by atoms with Crippen LogP contribution in [-0.4, -0.2) is 56.1 Å². The third-order valence-electron chi connectivity index (χ3n) is 4.46. The first-order valence-electron chi connectivity index (χ1n) is 8.02. The van der Waals surface area contributed by atoms with Crippen LogP contribution in [0.1, 0.15) is 29.9 Å². The van der Waals surface area contributed by atoms with Crippen molar-refractivity contribution < 1.29 is 0 Å². The van der Waals surface area contributed by atoms with Gasteiger partial charge in [-0.3, -0.25) is 4.90 Å². The van der Waals surface area contributed by atoms with E-state index in [9.17, 15) is 0 Å². The predicted octanol–water partition coefficient (Wildman–Crippen LogP) is 1.90. The summed E-state index contributed by atoms with van der Waals surface area (Å²) < 4.78 is 0. The normalized spacial score (nSPS) is 20.5. The summed E-state index contributed by atoms with van der Waals surface area (Å²) in [6.07, 6.45) is 2.78. The third kappa shape index (κ3) is 4.05. The van der Waals surface area contributed by atoms with Gasteiger partial charge in [0, 0.05) is 45.8 Å². The molecule has 0 unspecified atom stereocenters. The van der Waals surface area contributed by atoms with E-state index in [0.29, 0.717) is 0 Å². The van der Waals surface area contributed by atoms with E-state index in [1.54, 1.807) is 5.56 Å². The van der Waals surface area contributed by atoms with Crippen molar-refractivity contribution in [1.82, 2.24) is 15.1 Å². The fourth-order valence-electron chi connectivity index (χ4n) is 3.00. The van der Waals surface area contributed by atoms with E-state index in [-0.39, 0.29) is 0 Å². The molecule has 1 N–H and O–H groups in total. The molecule has 1 aromatic carbocycles. The molecule has 110 valence electrons. The Kier molecular flexibility index (Phi) is 4.71. The van der Waals surface area contributed by atoms with Crippen molar-refractivity contribution in [3.63, 3.8) is 0 Å². The van der Waals surface area contributed by atoms with Crippen LogP contribution < -0.4 is 5.32 Å². The van der Waals surface area contributed by atoms with Gasteiger partial charge in [0.1, 0.15) is 0 Å². The molecule has 1 saturated carbocycles. The van der Waals surface area contributed by atoms with Crippen LogP contribution in [-0.2, 0) is 6.54 Å². The molecule has 0 aromatic heterocycles. The fraction of sp³-hybridized carbons (Fsp3) is 0.647. The van der Waals surface area contributed by atoms with Gasteiger partial charge < -0.3 is 10.2 Å². The summed E-state index contributed by atoms with van der Waals surface area (Å²) in [4.78, 5) is 5.02. The molecule has 0 bridgehead atoms. The molecule has 0 spiro atoms. The highest BCUT2D eigenvalue weighted by Crippen LogP contribution is 2.40. The molecular weight excluding hydrogens is 246 g/mol. The minimum atomic E-state index is 0.862. The summed E-state index contributed by atoms with van der Waals surface area (Å²) in [5.41, 5.74) is 3.02. The van der Waals surface area contributed by atoms with Gasteiger partial charge in [0.05, 0.1) is 0 Å². The van der Waals surface area contributed by atoms with Gasteiger partial charge in [0.2, 0.25) is 0 Å². The number of hydrogen-bond donors (Lipinski definition) is 1. The standard InChI is InChI=1S/C17H27N3/c1-19(11-12-20-9-7-18-8-10-20)14-15-3-2-4-17(13-15)16-5-6-16/h2-4,13,16,18H,5-12,14H2,1H3. The summed E-state index contributed by atoms with van der Waals surface area (Å²) in [6, 6.07) is 9.21. The number of piperazine rings is 1. The first-order valence-corrected chi connectivity index (χ1v) is 8.02. The average Bonchev–Trinajstić information content (AvgIpc) is 3.31. The number of benzene rings is 1. The van der Waals surface area contributed by atoms with E-state index in [1.165, 1.54) is 38.0 Å². The Morgan fingerprint density at radius 1 is 1.25 bits per heavy atom. The summed E-state index contributed by atoms with van der Waals surface area (Å²) >= 11 is 0. The van der Waals surface area contributed by atoms with Crippen LogP contribution in [0, 0.1) is 0 Å². The lowest BCUT2D eigenvalue weighted by Gasteiger charge is -2.29. The van der Waals surface area contributed by atoms with Crippen molar-refractivity contribution in [2.75, 3.05) is 46.3 Å². The zero-order chi connectivity index (χ0) is 13.8. The number of likely N-dealkylation sites (N-methyl/N-ethyl adjacent to an activating group) is 1. The second kappa shape index (κ2) is 6.70. The molecule has 20 heavy (non-hydrogen) atoms. The maximum atomic E-state index is 3.41. The lowest BCUT2D eigenvalue weighted by Crippen LogP contribution is -2.45. The van der Waals surface area contributed by atoms with Crippen LogP contribution in [0.3, 0.4) is 0 Å². The van der Waals surface area contributed by atoms with E-state index in [2.05, 4.69) is 46.4 Å². The Balaban J connectivity index is 1.45. The van der Waals surface area contributed by atoms with Crippen molar-refractivity contribution in [2.45, 2.75) is 25.3 Å². The molecule has 3 rings (SSSR count). The van der Waals surface area contributed by atoms with E-state index in [4.69, 9.17) is 0 Å². The number of hydrogen-bond acceptors (Lipinski definition) is 3. The van der Waals surface area contributed by atoms with Crippen molar-refractivity contribution in [1.29, 1.82) is 0 Å². The Morgan fingerprint density at radius 2 is 2.05 bits per heavy atom. The molecule has 1 aromatic rings. The summed E-state index contributed by atoms with van der Waals surface area (Å²) in [5, 5.41) is 3.41. The predicted molar refractivity (Wildman–Crippen MR) is 84.1 cm³/mol. The van der Waals surface area contributed by atoms with Gasteiger partial charge in [-0.1, -0.05) is 24.3 Å². The van der Waals surface area contributed by atoms with Crippen LogP contribution in [0.2, 0.25) is 0 Å². The molecule has 3 nitrogen and oxygen atoms in total. The van der Waals surface area contributed by atoms with Gasteiger partial charge in [0.25, 0.3) is 0 Å². The monoisotopic (exact) mass is 273 g/mol. The molecular formula is C17H27N3. The second-order valence-electron chi connectivity index (χ2n) is 6.35. The van der Waals surface area contributed by atoms with Crippen molar-refractivity contribution in [3.05, 3.63) is 35.4 Å². The SMILES string of the molecule is CN(CCN1CCNCC1)Cc1cccc(C2CC2)c1. The van der Waals surface area contributed by atoms with Crippen LogP contribution in [0.5, 0.6) is 0 Å². The van der Waals surface area contributed by atoms with Gasteiger partial charge >= 0.3 is 0 Å². The first-order chi connectivity index (χ1) is 9.81. The molecule has 2 aliphatic rings. The molecule has 0 amide bonds. The van der Waals surface area contributed by atoms with Crippen LogP contribution in [0.4, 0.5) is 0 Å². The van der Waals surface area contributed by atoms with E-state index < -0.39 is 0 Å². The minimum absolute atomic E-state index is 0.862. The van der Waals surface area contributed by atoms with Crippen molar-refractivity contribution in [3.8, 4) is 0 Å². The average molecular weight is 273 g/mol. The Labute approximate surface area is 123 Å². The molecule has 2 fully saturated rings. The zero-order valence-electron chi connectivity index (χ0n) is 12.6. The molecule has 1 saturated heterocycles. The highest BCUT2D eigenvalue weighted by molar-refractivity contribution is 5.29. The van der Waals surface area contributed by atoms with Gasteiger partial charge in [0.15, 0.2) is 0 Å². The zero-order valence-corrected chi connectivity index (χ0v) is 12.6. The van der Waals surface area contributed by atoms with Crippen molar-refractivity contribution >= 4 is 0 Å². The van der Waals surface area contributed by atoms with Gasteiger partial charge in [-0.15, -0.1) is 0 Å². The molecule has 1 heterocycles. The van der Waals surface area contributed by atoms with Crippen molar-refractivity contribution in [2.24, 2.45) is 0 Å². The minimum Gasteiger partial charge on any atom is -0.314 e. The molecule has 1 aliphatic carbocycles. The molecule has 3 heteroatoms. The lowest BCUT2D eigenvalue weighted by atomic mass is 10.1. The summed E-state index contributed by atoms with van der Waals surface area (Å²) in [7, 11) is 2.24. The highest BCUT2D eigenvalue weighted by Gasteiger charge is 2.23. The lowest BCUT2D eigenvalue weighted by molar-refractivity contribution is 0.202. The third-order valence-corrected chi connectivity index (χ3v) is 4.46. The smallest absolute Gasteiger partial charge is 0.0231 e. The van der Waals surface area contributed by atoms with Crippen LogP contribution >= 0.6 is 0 Å². The summed E-state index contributed by atoms with van der Waals surface area (Å²) in [6.45, 7) is 8.12. The second-order valence-corrected chi connectivity index (χ2v) is 6.35. The number of rotatable bonds is 6. The van der Waals surface area contributed by atoms with Crippen LogP contribution in [0.15, 0.2) is 24.3 Å². The van der Waals surface area contributed by atoms with E-state index in [1.807, 2.05) is 0 Å². The summed E-state index contributed by atoms with van der Waals surface area (Å²) in [5.74, 6) is 0.862. The quantitative estimate of drug-likeness (QED) is 0.854. The van der Waals surface area contributed by atoms with Gasteiger partial charge in [-0.2, -0.15) is 0 Å². The van der Waals surface area contributed by atoms with Crippen LogP contribution in [0.25, 0.3) is 0 Å². The van der Waals surface area contributed by atoms with E-state index in [0.717, 1.165) is 32.1 Å². The van der Waals surface area contributed by atoms with Gasteiger partial charge in [-0.25, -0.2) is 0 Å².